The molecular weight excluding hydrogens is 324 g/mol. The highest BCUT2D eigenvalue weighted by Crippen LogP contribution is 2.32. The maximum absolute atomic E-state index is 13.3. The zero-order valence-electron chi connectivity index (χ0n) is 12.1. The Labute approximate surface area is 132 Å². The van der Waals surface area contributed by atoms with E-state index in [0.717, 1.165) is 6.07 Å². The molecular formula is C14H17ClF4N2O. The van der Waals surface area contributed by atoms with Gasteiger partial charge < -0.3 is 10.2 Å². The van der Waals surface area contributed by atoms with E-state index in [4.69, 9.17) is 0 Å². The lowest BCUT2D eigenvalue weighted by atomic mass is 10.0. The minimum Gasteiger partial charge on any atom is -0.333 e. The number of nitrogens with one attached hydrogen (secondary N) is 1. The Bertz CT molecular complexity index is 550. The Morgan fingerprint density at radius 2 is 1.95 bits per heavy atom. The van der Waals surface area contributed by atoms with E-state index in [1.165, 1.54) is 4.90 Å². The maximum Gasteiger partial charge on any atom is 0.419 e. The van der Waals surface area contributed by atoms with Crippen LogP contribution >= 0.6 is 12.4 Å². The van der Waals surface area contributed by atoms with E-state index in [9.17, 15) is 22.4 Å². The van der Waals surface area contributed by atoms with E-state index in [0.29, 0.717) is 25.2 Å². The molecule has 1 aromatic carbocycles. The van der Waals surface area contributed by atoms with E-state index < -0.39 is 23.5 Å². The van der Waals surface area contributed by atoms with E-state index in [1.807, 2.05) is 13.8 Å². The molecule has 0 bridgehead atoms. The van der Waals surface area contributed by atoms with Gasteiger partial charge in [-0.25, -0.2) is 4.39 Å². The SMILES string of the molecule is CC1NCCN(C(=O)c2ccc(F)c(C(F)(F)F)c2)C1C.Cl. The molecule has 2 rings (SSSR count). The highest BCUT2D eigenvalue weighted by Gasteiger charge is 2.36. The predicted molar refractivity (Wildman–Crippen MR) is 76.6 cm³/mol. The number of nitrogens with zero attached hydrogens (tertiary/aromatic N) is 1. The molecule has 1 saturated heterocycles. The fourth-order valence-electron chi connectivity index (χ4n) is 2.38. The summed E-state index contributed by atoms with van der Waals surface area (Å²) in [6.45, 7) is 4.70. The molecule has 1 fully saturated rings. The van der Waals surface area contributed by atoms with Crippen LogP contribution in [0, 0.1) is 5.82 Å². The first-order valence-corrected chi connectivity index (χ1v) is 6.63. The van der Waals surface area contributed by atoms with E-state index in [1.54, 1.807) is 0 Å². The third-order valence-corrected chi connectivity index (χ3v) is 3.81. The molecule has 22 heavy (non-hydrogen) atoms. The number of carbonyl (C=O) groups excluding carboxylic acids is 1. The molecule has 8 heteroatoms. The lowest BCUT2D eigenvalue weighted by Gasteiger charge is -2.38. The second kappa shape index (κ2) is 6.83. The van der Waals surface area contributed by atoms with Gasteiger partial charge in [0.2, 0.25) is 0 Å². The van der Waals surface area contributed by atoms with Gasteiger partial charge in [0.15, 0.2) is 0 Å². The van der Waals surface area contributed by atoms with Crippen LogP contribution in [0.5, 0.6) is 0 Å². The second-order valence-corrected chi connectivity index (χ2v) is 5.17. The summed E-state index contributed by atoms with van der Waals surface area (Å²) < 4.78 is 51.3. The Kier molecular flexibility index (Phi) is 5.81. The first-order valence-electron chi connectivity index (χ1n) is 6.63. The maximum atomic E-state index is 13.3. The first-order chi connectivity index (χ1) is 9.71. The Hall–Kier alpha value is -1.34. The predicted octanol–water partition coefficient (Wildman–Crippen LogP) is 3.09. The molecule has 1 aromatic rings. The normalized spacial score (nSPS) is 22.2. The van der Waals surface area contributed by atoms with Crippen LogP contribution in [0.4, 0.5) is 17.6 Å². The van der Waals surface area contributed by atoms with Crippen molar-refractivity contribution in [3.05, 3.63) is 35.1 Å². The Balaban J connectivity index is 0.00000242. The molecule has 2 atom stereocenters. The summed E-state index contributed by atoms with van der Waals surface area (Å²) in [5.41, 5.74) is -1.56. The minimum absolute atomic E-state index is 0. The zero-order chi connectivity index (χ0) is 15.8. The van der Waals surface area contributed by atoms with Gasteiger partial charge in [-0.2, -0.15) is 13.2 Å². The van der Waals surface area contributed by atoms with Gasteiger partial charge in [0.05, 0.1) is 5.56 Å². The summed E-state index contributed by atoms with van der Waals surface area (Å²) in [6, 6.07) is 2.26. The molecule has 3 nitrogen and oxygen atoms in total. The number of hydrogen-bond donors (Lipinski definition) is 1. The molecule has 0 spiro atoms. The van der Waals surface area contributed by atoms with E-state index in [2.05, 4.69) is 5.32 Å². The van der Waals surface area contributed by atoms with Gasteiger partial charge in [0, 0.05) is 30.7 Å². The van der Waals surface area contributed by atoms with Crippen LogP contribution in [0.25, 0.3) is 0 Å². The van der Waals surface area contributed by atoms with E-state index in [-0.39, 0.29) is 30.1 Å². The monoisotopic (exact) mass is 340 g/mol. The van der Waals surface area contributed by atoms with E-state index >= 15 is 0 Å². The number of carbonyl (C=O) groups is 1. The number of benzene rings is 1. The van der Waals surface area contributed by atoms with Gasteiger partial charge in [0.25, 0.3) is 5.91 Å². The molecule has 0 aliphatic carbocycles. The molecule has 0 aromatic heterocycles. The summed E-state index contributed by atoms with van der Waals surface area (Å²) in [5.74, 6) is -1.89. The number of amides is 1. The quantitative estimate of drug-likeness (QED) is 0.797. The first kappa shape index (κ1) is 18.7. The number of rotatable bonds is 1. The number of halogens is 5. The fraction of sp³-hybridized carbons (Fsp3) is 0.500. The van der Waals surface area contributed by atoms with Gasteiger partial charge >= 0.3 is 6.18 Å². The minimum atomic E-state index is -4.82. The van der Waals surface area contributed by atoms with Crippen LogP contribution in [-0.2, 0) is 6.18 Å². The largest absolute Gasteiger partial charge is 0.419 e. The molecule has 1 N–H and O–H groups in total. The zero-order valence-corrected chi connectivity index (χ0v) is 12.9. The second-order valence-electron chi connectivity index (χ2n) is 5.17. The van der Waals surface area contributed by atoms with Crippen molar-refractivity contribution in [1.82, 2.24) is 10.2 Å². The lowest BCUT2D eigenvalue weighted by Crippen LogP contribution is -2.57. The number of piperazine rings is 1. The smallest absolute Gasteiger partial charge is 0.333 e. The molecule has 1 aliphatic rings. The van der Waals surface area contributed by atoms with Gasteiger partial charge in [-0.3, -0.25) is 4.79 Å². The van der Waals surface area contributed by atoms with Crippen molar-refractivity contribution in [3.63, 3.8) is 0 Å². The van der Waals surface area contributed by atoms with Gasteiger partial charge in [0.1, 0.15) is 5.82 Å². The third-order valence-electron chi connectivity index (χ3n) is 3.81. The average Bonchev–Trinajstić information content (AvgIpc) is 2.40. The molecule has 0 saturated carbocycles. The van der Waals surface area contributed by atoms with Crippen molar-refractivity contribution in [2.24, 2.45) is 0 Å². The van der Waals surface area contributed by atoms with Gasteiger partial charge in [-0.05, 0) is 32.0 Å². The number of alkyl halides is 3. The standard InChI is InChI=1S/C14H16F4N2O.ClH/c1-8-9(2)20(6-5-19-8)13(21)10-3-4-12(15)11(7-10)14(16,17)18;/h3-4,7-9,19H,5-6H2,1-2H3;1H. The topological polar surface area (TPSA) is 32.3 Å². The van der Waals surface area contributed by atoms with Crippen LogP contribution in [0.1, 0.15) is 29.8 Å². The summed E-state index contributed by atoms with van der Waals surface area (Å²) >= 11 is 0. The summed E-state index contributed by atoms with van der Waals surface area (Å²) in [7, 11) is 0. The third kappa shape index (κ3) is 3.70. The van der Waals surface area contributed by atoms with Crippen molar-refractivity contribution in [2.75, 3.05) is 13.1 Å². The highest BCUT2D eigenvalue weighted by atomic mass is 35.5. The highest BCUT2D eigenvalue weighted by molar-refractivity contribution is 5.94. The molecule has 1 amide bonds. The Morgan fingerprint density at radius 3 is 2.55 bits per heavy atom. The van der Waals surface area contributed by atoms with Crippen LogP contribution in [0.2, 0.25) is 0 Å². The molecule has 124 valence electrons. The van der Waals surface area contributed by atoms with Crippen molar-refractivity contribution in [1.29, 1.82) is 0 Å². The van der Waals surface area contributed by atoms with Crippen LogP contribution < -0.4 is 5.32 Å². The van der Waals surface area contributed by atoms with Crippen molar-refractivity contribution in [2.45, 2.75) is 32.1 Å². The van der Waals surface area contributed by atoms with Gasteiger partial charge in [-0.15, -0.1) is 12.4 Å². The number of hydrogen-bond acceptors (Lipinski definition) is 2. The van der Waals surface area contributed by atoms with Crippen LogP contribution in [0.3, 0.4) is 0 Å². The molecule has 0 radical (unpaired) electrons. The summed E-state index contributed by atoms with van der Waals surface area (Å²) in [6.07, 6.45) is -4.82. The van der Waals surface area contributed by atoms with Crippen molar-refractivity contribution >= 4 is 18.3 Å². The average molecular weight is 341 g/mol. The van der Waals surface area contributed by atoms with Gasteiger partial charge in [-0.1, -0.05) is 0 Å². The fourth-order valence-corrected chi connectivity index (χ4v) is 2.38. The van der Waals surface area contributed by atoms with Crippen molar-refractivity contribution < 1.29 is 22.4 Å². The van der Waals surface area contributed by atoms with Crippen LogP contribution in [-0.4, -0.2) is 36.0 Å². The molecule has 1 heterocycles. The molecule has 2 unspecified atom stereocenters. The lowest BCUT2D eigenvalue weighted by molar-refractivity contribution is -0.140. The Morgan fingerprint density at radius 1 is 1.32 bits per heavy atom. The summed E-state index contributed by atoms with van der Waals surface area (Å²) in [4.78, 5) is 13.9. The van der Waals surface area contributed by atoms with Crippen LogP contribution in [0.15, 0.2) is 18.2 Å². The molecule has 1 aliphatic heterocycles. The summed E-state index contributed by atoms with van der Waals surface area (Å²) in [5, 5.41) is 3.18. The van der Waals surface area contributed by atoms with Crippen molar-refractivity contribution in [3.8, 4) is 0 Å².